The fourth-order valence-electron chi connectivity index (χ4n) is 4.55. The van der Waals surface area contributed by atoms with Crippen molar-refractivity contribution < 1.29 is 27.8 Å². The van der Waals surface area contributed by atoms with Crippen LogP contribution in [-0.4, -0.2) is 61.3 Å². The molecule has 1 aliphatic carbocycles. The lowest BCUT2D eigenvalue weighted by Crippen LogP contribution is -2.66. The maximum Gasteiger partial charge on any atom is 0.437 e. The van der Waals surface area contributed by atoms with Gasteiger partial charge in [-0.3, -0.25) is 14.3 Å². The molecule has 6 nitrogen and oxygen atoms in total. The molecule has 4 rings (SSSR count). The van der Waals surface area contributed by atoms with Gasteiger partial charge in [0.15, 0.2) is 0 Å². The van der Waals surface area contributed by atoms with Gasteiger partial charge < -0.3 is 14.5 Å². The third-order valence-electron chi connectivity index (χ3n) is 5.99. The number of carbonyl (C=O) groups is 2. The largest absolute Gasteiger partial charge is 0.437 e. The lowest BCUT2D eigenvalue weighted by molar-refractivity contribution is -0.293. The van der Waals surface area contributed by atoms with Crippen molar-refractivity contribution in [1.29, 1.82) is 0 Å². The van der Waals surface area contributed by atoms with E-state index in [9.17, 15) is 18.4 Å². The fourth-order valence-corrected chi connectivity index (χ4v) is 4.55. The number of amides is 2. The van der Waals surface area contributed by atoms with Crippen LogP contribution < -0.4 is 4.90 Å². The van der Waals surface area contributed by atoms with Gasteiger partial charge in [0, 0.05) is 18.7 Å². The summed E-state index contributed by atoms with van der Waals surface area (Å²) in [4.78, 5) is 27.8. The number of ether oxygens (including phenoxy) is 2. The summed E-state index contributed by atoms with van der Waals surface area (Å²) < 4.78 is 39.8. The summed E-state index contributed by atoms with van der Waals surface area (Å²) in [5, 5.41) is 0. The number of nitrogens with zero attached hydrogens (tertiary/aromatic N) is 2. The van der Waals surface area contributed by atoms with E-state index in [2.05, 4.69) is 0 Å². The Morgan fingerprint density at radius 1 is 1.14 bits per heavy atom. The second kappa shape index (κ2) is 7.99. The molecule has 0 N–H and O–H groups in total. The van der Waals surface area contributed by atoms with Crippen LogP contribution in [-0.2, 0) is 19.1 Å². The number of para-hydroxylation sites is 1. The maximum absolute atomic E-state index is 14.6. The Morgan fingerprint density at radius 3 is 2.59 bits per heavy atom. The molecule has 0 bridgehead atoms. The zero-order valence-corrected chi connectivity index (χ0v) is 16.3. The lowest BCUT2D eigenvalue weighted by atomic mass is 9.99. The summed E-state index contributed by atoms with van der Waals surface area (Å²) >= 11 is 0. The smallest absolute Gasteiger partial charge is 0.376 e. The van der Waals surface area contributed by atoms with Crippen molar-refractivity contribution in [3.05, 3.63) is 30.3 Å². The van der Waals surface area contributed by atoms with Gasteiger partial charge in [-0.1, -0.05) is 31.0 Å². The van der Waals surface area contributed by atoms with Gasteiger partial charge in [-0.15, -0.1) is 0 Å². The number of benzene rings is 1. The molecule has 29 heavy (non-hydrogen) atoms. The monoisotopic (exact) mass is 408 g/mol. The van der Waals surface area contributed by atoms with Crippen molar-refractivity contribution in [2.24, 2.45) is 5.92 Å². The first-order chi connectivity index (χ1) is 13.9. The standard InChI is InChI=1S/C21H26F2N2O4/c22-21(23)19(27)25(17-8-2-1-3-9-17)14-20(29-21)13-24(10-11-28-15-20)18(26)12-16-6-4-5-7-16/h1-3,8-9,16H,4-7,10-15H2. The number of halogens is 2. The van der Waals surface area contributed by atoms with Gasteiger partial charge in [-0.25, -0.2) is 0 Å². The van der Waals surface area contributed by atoms with Crippen LogP contribution in [0.25, 0.3) is 0 Å². The molecule has 1 unspecified atom stereocenters. The normalized spacial score (nSPS) is 28.0. The van der Waals surface area contributed by atoms with Gasteiger partial charge in [-0.05, 0) is 30.9 Å². The zero-order chi connectivity index (χ0) is 20.5. The molecule has 2 amide bonds. The van der Waals surface area contributed by atoms with Gasteiger partial charge in [0.05, 0.1) is 26.3 Å². The van der Waals surface area contributed by atoms with Crippen molar-refractivity contribution in [2.45, 2.75) is 43.8 Å². The SMILES string of the molecule is O=C(CC1CCCC1)N1CCOCC2(C1)CN(c1ccccc1)C(=O)C(F)(F)O2. The van der Waals surface area contributed by atoms with Crippen molar-refractivity contribution in [3.8, 4) is 0 Å². The van der Waals surface area contributed by atoms with Crippen LogP contribution in [0.15, 0.2) is 30.3 Å². The molecule has 0 aromatic heterocycles. The Morgan fingerprint density at radius 2 is 1.86 bits per heavy atom. The quantitative estimate of drug-likeness (QED) is 0.772. The predicted molar refractivity (Wildman–Crippen MR) is 102 cm³/mol. The number of rotatable bonds is 3. The number of hydrogen-bond acceptors (Lipinski definition) is 4. The van der Waals surface area contributed by atoms with Crippen LogP contribution in [0, 0.1) is 5.92 Å². The first-order valence-electron chi connectivity index (χ1n) is 10.2. The minimum Gasteiger partial charge on any atom is -0.376 e. The van der Waals surface area contributed by atoms with Crippen LogP contribution in [0.3, 0.4) is 0 Å². The van der Waals surface area contributed by atoms with E-state index in [4.69, 9.17) is 9.47 Å². The second-order valence-electron chi connectivity index (χ2n) is 8.25. The Hall–Kier alpha value is -2.06. The van der Waals surface area contributed by atoms with E-state index < -0.39 is 17.6 Å². The maximum atomic E-state index is 14.6. The highest BCUT2D eigenvalue weighted by atomic mass is 19.3. The molecular weight excluding hydrogens is 382 g/mol. The van der Waals surface area contributed by atoms with Crippen LogP contribution >= 0.6 is 0 Å². The van der Waals surface area contributed by atoms with Gasteiger partial charge in [0.2, 0.25) is 5.91 Å². The molecule has 8 heteroatoms. The van der Waals surface area contributed by atoms with Gasteiger partial charge >= 0.3 is 12.0 Å². The molecule has 158 valence electrons. The van der Waals surface area contributed by atoms with Crippen LogP contribution in [0.2, 0.25) is 0 Å². The first kappa shape index (κ1) is 20.2. The first-order valence-corrected chi connectivity index (χ1v) is 10.2. The van der Waals surface area contributed by atoms with Crippen LogP contribution in [0.4, 0.5) is 14.5 Å². The molecule has 2 saturated heterocycles. The molecule has 2 aliphatic heterocycles. The van der Waals surface area contributed by atoms with E-state index >= 15 is 0 Å². The highest BCUT2D eigenvalue weighted by molar-refractivity contribution is 5.98. The zero-order valence-electron chi connectivity index (χ0n) is 16.3. The van der Waals surface area contributed by atoms with Crippen molar-refractivity contribution >= 4 is 17.5 Å². The minimum atomic E-state index is -3.98. The summed E-state index contributed by atoms with van der Waals surface area (Å²) in [5.41, 5.74) is -1.11. The Labute approximate surface area is 168 Å². The van der Waals surface area contributed by atoms with Crippen molar-refractivity contribution in [2.75, 3.05) is 37.7 Å². The highest BCUT2D eigenvalue weighted by Crippen LogP contribution is 2.37. The van der Waals surface area contributed by atoms with E-state index in [1.54, 1.807) is 35.2 Å². The fraction of sp³-hybridized carbons (Fsp3) is 0.619. The number of alkyl halides is 2. The average molecular weight is 408 g/mol. The predicted octanol–water partition coefficient (Wildman–Crippen LogP) is 2.82. The Kier molecular flexibility index (Phi) is 5.57. The van der Waals surface area contributed by atoms with E-state index in [-0.39, 0.29) is 32.2 Å². The van der Waals surface area contributed by atoms with Gasteiger partial charge in [0.25, 0.3) is 0 Å². The molecule has 1 saturated carbocycles. The van der Waals surface area contributed by atoms with E-state index in [0.29, 0.717) is 24.6 Å². The molecule has 2 heterocycles. The van der Waals surface area contributed by atoms with E-state index in [0.717, 1.165) is 30.6 Å². The Balaban J connectivity index is 1.56. The minimum absolute atomic E-state index is 0.0231. The van der Waals surface area contributed by atoms with Crippen LogP contribution in [0.5, 0.6) is 0 Å². The summed E-state index contributed by atoms with van der Waals surface area (Å²) in [6, 6.07) is 8.33. The molecule has 3 aliphatic rings. The average Bonchev–Trinajstić information content (AvgIpc) is 3.12. The molecular formula is C21H26F2N2O4. The second-order valence-corrected chi connectivity index (χ2v) is 8.25. The van der Waals surface area contributed by atoms with E-state index in [1.165, 1.54) is 0 Å². The molecule has 1 aromatic rings. The van der Waals surface area contributed by atoms with Crippen molar-refractivity contribution in [3.63, 3.8) is 0 Å². The number of morpholine rings is 1. The lowest BCUT2D eigenvalue weighted by Gasteiger charge is -2.45. The highest BCUT2D eigenvalue weighted by Gasteiger charge is 2.58. The third kappa shape index (κ3) is 4.28. The number of carbonyl (C=O) groups excluding carboxylic acids is 2. The van der Waals surface area contributed by atoms with Crippen LogP contribution in [0.1, 0.15) is 32.1 Å². The number of hydrogen-bond donors (Lipinski definition) is 0. The molecule has 1 atom stereocenters. The van der Waals surface area contributed by atoms with Gasteiger partial charge in [-0.2, -0.15) is 8.78 Å². The summed E-state index contributed by atoms with van der Waals surface area (Å²) in [7, 11) is 0. The Bertz CT molecular complexity index is 754. The van der Waals surface area contributed by atoms with E-state index in [1.807, 2.05) is 0 Å². The topological polar surface area (TPSA) is 59.1 Å². The summed E-state index contributed by atoms with van der Waals surface area (Å²) in [5.74, 6) is -1.10. The molecule has 0 radical (unpaired) electrons. The third-order valence-corrected chi connectivity index (χ3v) is 5.99. The molecule has 3 fully saturated rings. The van der Waals surface area contributed by atoms with Gasteiger partial charge in [0.1, 0.15) is 5.60 Å². The summed E-state index contributed by atoms with van der Waals surface area (Å²) in [6.07, 6.45) is 0.775. The van der Waals surface area contributed by atoms with Crippen molar-refractivity contribution in [1.82, 2.24) is 4.90 Å². The molecule has 1 spiro atoms. The number of anilines is 1. The summed E-state index contributed by atoms with van der Waals surface area (Å²) in [6.45, 7) is 0.365. The molecule has 1 aromatic carbocycles.